The van der Waals surface area contributed by atoms with Gasteiger partial charge < -0.3 is 14.8 Å². The molecule has 0 aromatic carbocycles. The Hall–Kier alpha value is -0.120. The van der Waals surface area contributed by atoms with Crippen molar-refractivity contribution in [2.75, 3.05) is 26.8 Å². The van der Waals surface area contributed by atoms with Gasteiger partial charge in [-0.1, -0.05) is 0 Å². The van der Waals surface area contributed by atoms with Crippen LogP contribution in [0.4, 0.5) is 0 Å². The van der Waals surface area contributed by atoms with Gasteiger partial charge in [0.2, 0.25) is 0 Å². The van der Waals surface area contributed by atoms with Gasteiger partial charge in [0.15, 0.2) is 6.29 Å². The van der Waals surface area contributed by atoms with Gasteiger partial charge in [0.25, 0.3) is 0 Å². The fraction of sp³-hybridized carbons (Fsp3) is 1.00. The second-order valence-electron chi connectivity index (χ2n) is 2.06. The molecule has 1 N–H and O–H groups in total. The molecule has 1 rings (SSSR count). The van der Waals surface area contributed by atoms with E-state index < -0.39 is 0 Å². The van der Waals surface area contributed by atoms with Crippen LogP contribution in [0.25, 0.3) is 0 Å². The number of hydrogen-bond donors (Lipinski definition) is 1. The van der Waals surface area contributed by atoms with Crippen LogP contribution in [-0.4, -0.2) is 33.1 Å². The van der Waals surface area contributed by atoms with E-state index in [1.165, 1.54) is 0 Å². The maximum Gasteiger partial charge on any atom is 0.159 e. The van der Waals surface area contributed by atoms with Crippen LogP contribution in [-0.2, 0) is 9.47 Å². The summed E-state index contributed by atoms with van der Waals surface area (Å²) in [6, 6.07) is 0. The molecule has 0 spiro atoms. The monoisotopic (exact) mass is 131 g/mol. The molecule has 0 radical (unpaired) electrons. The van der Waals surface area contributed by atoms with Gasteiger partial charge in [0.1, 0.15) is 0 Å². The van der Waals surface area contributed by atoms with Crippen molar-refractivity contribution in [1.29, 1.82) is 0 Å². The second kappa shape index (κ2) is 3.82. The Kier molecular flexibility index (Phi) is 2.97. The molecular weight excluding hydrogens is 118 g/mol. The van der Waals surface area contributed by atoms with Gasteiger partial charge >= 0.3 is 0 Å². The average Bonchev–Trinajstić information content (AvgIpc) is 2.34. The molecule has 3 nitrogen and oxygen atoms in total. The van der Waals surface area contributed by atoms with Crippen LogP contribution in [0, 0.1) is 0 Å². The highest BCUT2D eigenvalue weighted by Gasteiger charge is 2.13. The fourth-order valence-electron chi connectivity index (χ4n) is 0.836. The molecule has 0 aliphatic carbocycles. The van der Waals surface area contributed by atoms with Gasteiger partial charge in [0, 0.05) is 6.42 Å². The molecular formula is C6H13NO2. The highest BCUT2D eigenvalue weighted by molar-refractivity contribution is 4.52. The lowest BCUT2D eigenvalue weighted by Crippen LogP contribution is -2.17. The standard InChI is InChI=1S/C6H13NO2/c1-7-3-2-6-8-4-5-9-6/h6-7H,2-5H2,1H3. The number of rotatable bonds is 3. The molecule has 3 heteroatoms. The zero-order valence-corrected chi connectivity index (χ0v) is 5.72. The summed E-state index contributed by atoms with van der Waals surface area (Å²) in [5, 5.41) is 3.03. The smallest absolute Gasteiger partial charge is 0.159 e. The summed E-state index contributed by atoms with van der Waals surface area (Å²) in [5.41, 5.74) is 0. The minimum absolute atomic E-state index is 0.0532. The summed E-state index contributed by atoms with van der Waals surface area (Å²) in [5.74, 6) is 0. The topological polar surface area (TPSA) is 30.5 Å². The first-order valence-corrected chi connectivity index (χ1v) is 3.31. The summed E-state index contributed by atoms with van der Waals surface area (Å²) in [6.07, 6.45) is 1.01. The van der Waals surface area contributed by atoms with Gasteiger partial charge in [0.05, 0.1) is 13.2 Å². The van der Waals surface area contributed by atoms with E-state index in [0.29, 0.717) is 0 Å². The van der Waals surface area contributed by atoms with Crippen molar-refractivity contribution < 1.29 is 9.47 Å². The van der Waals surface area contributed by atoms with Crippen LogP contribution in [0.1, 0.15) is 6.42 Å². The van der Waals surface area contributed by atoms with Crippen molar-refractivity contribution in [3.05, 3.63) is 0 Å². The predicted octanol–water partition coefficient (Wildman–Crippen LogP) is -0.0312. The molecule has 1 heterocycles. The van der Waals surface area contributed by atoms with Crippen molar-refractivity contribution in [3.63, 3.8) is 0 Å². The maximum absolute atomic E-state index is 5.19. The van der Waals surface area contributed by atoms with Crippen molar-refractivity contribution in [1.82, 2.24) is 5.32 Å². The van der Waals surface area contributed by atoms with Crippen LogP contribution >= 0.6 is 0 Å². The summed E-state index contributed by atoms with van der Waals surface area (Å²) in [4.78, 5) is 0. The van der Waals surface area contributed by atoms with E-state index >= 15 is 0 Å². The van der Waals surface area contributed by atoms with Gasteiger partial charge in [-0.2, -0.15) is 0 Å². The lowest BCUT2D eigenvalue weighted by atomic mass is 10.4. The Labute approximate surface area is 55.3 Å². The van der Waals surface area contributed by atoms with E-state index in [2.05, 4.69) is 5.32 Å². The van der Waals surface area contributed by atoms with Gasteiger partial charge in [-0.3, -0.25) is 0 Å². The largest absolute Gasteiger partial charge is 0.350 e. The van der Waals surface area contributed by atoms with E-state index in [9.17, 15) is 0 Å². The maximum atomic E-state index is 5.19. The molecule has 1 saturated heterocycles. The van der Waals surface area contributed by atoms with E-state index in [1.54, 1.807) is 0 Å². The van der Waals surface area contributed by atoms with E-state index in [0.717, 1.165) is 26.2 Å². The van der Waals surface area contributed by atoms with E-state index in [1.807, 2.05) is 7.05 Å². The molecule has 0 amide bonds. The summed E-state index contributed by atoms with van der Waals surface area (Å²) in [7, 11) is 1.93. The van der Waals surface area contributed by atoms with Crippen molar-refractivity contribution in [3.8, 4) is 0 Å². The molecule has 0 atom stereocenters. The van der Waals surface area contributed by atoms with Crippen molar-refractivity contribution in [2.24, 2.45) is 0 Å². The quantitative estimate of drug-likeness (QED) is 0.583. The minimum Gasteiger partial charge on any atom is -0.350 e. The Morgan fingerprint density at radius 2 is 2.11 bits per heavy atom. The molecule has 0 aromatic rings. The van der Waals surface area contributed by atoms with Crippen molar-refractivity contribution in [2.45, 2.75) is 12.7 Å². The SMILES string of the molecule is CNCCC1OCCO1. The highest BCUT2D eigenvalue weighted by atomic mass is 16.7. The molecule has 0 aromatic heterocycles. The Balaban J connectivity index is 1.98. The lowest BCUT2D eigenvalue weighted by Gasteiger charge is -2.06. The molecule has 1 aliphatic rings. The van der Waals surface area contributed by atoms with Crippen LogP contribution in [0.3, 0.4) is 0 Å². The molecule has 1 aliphatic heterocycles. The second-order valence-corrected chi connectivity index (χ2v) is 2.06. The Morgan fingerprint density at radius 1 is 1.44 bits per heavy atom. The Bertz CT molecular complexity index is 71.5. The molecule has 9 heavy (non-hydrogen) atoms. The zero-order valence-electron chi connectivity index (χ0n) is 5.72. The molecule has 0 saturated carbocycles. The van der Waals surface area contributed by atoms with Gasteiger partial charge in [-0.25, -0.2) is 0 Å². The fourth-order valence-corrected chi connectivity index (χ4v) is 0.836. The zero-order chi connectivity index (χ0) is 6.53. The average molecular weight is 131 g/mol. The first kappa shape index (κ1) is 6.99. The number of nitrogens with one attached hydrogen (secondary N) is 1. The van der Waals surface area contributed by atoms with E-state index in [-0.39, 0.29) is 6.29 Å². The summed E-state index contributed by atoms with van der Waals surface area (Å²) >= 11 is 0. The molecule has 54 valence electrons. The molecule has 0 bridgehead atoms. The summed E-state index contributed by atoms with van der Waals surface area (Å²) in [6.45, 7) is 2.48. The first-order chi connectivity index (χ1) is 4.43. The first-order valence-electron chi connectivity index (χ1n) is 3.31. The summed E-state index contributed by atoms with van der Waals surface area (Å²) < 4.78 is 10.4. The molecule has 0 unspecified atom stereocenters. The van der Waals surface area contributed by atoms with Crippen LogP contribution in [0.15, 0.2) is 0 Å². The Morgan fingerprint density at radius 3 is 2.67 bits per heavy atom. The van der Waals surface area contributed by atoms with Gasteiger partial charge in [-0.05, 0) is 13.6 Å². The minimum atomic E-state index is 0.0532. The van der Waals surface area contributed by atoms with E-state index in [4.69, 9.17) is 9.47 Å². The normalized spacial score (nSPS) is 21.0. The van der Waals surface area contributed by atoms with Crippen LogP contribution < -0.4 is 5.32 Å². The van der Waals surface area contributed by atoms with Gasteiger partial charge in [-0.15, -0.1) is 0 Å². The third-order valence-electron chi connectivity index (χ3n) is 1.32. The highest BCUT2D eigenvalue weighted by Crippen LogP contribution is 2.05. The number of hydrogen-bond acceptors (Lipinski definition) is 3. The van der Waals surface area contributed by atoms with Crippen LogP contribution in [0.5, 0.6) is 0 Å². The molecule has 1 fully saturated rings. The predicted molar refractivity (Wildman–Crippen MR) is 34.2 cm³/mol. The lowest BCUT2D eigenvalue weighted by molar-refractivity contribution is -0.0456. The number of ether oxygens (including phenoxy) is 2. The van der Waals surface area contributed by atoms with Crippen LogP contribution in [0.2, 0.25) is 0 Å². The van der Waals surface area contributed by atoms with Crippen molar-refractivity contribution >= 4 is 0 Å². The third kappa shape index (κ3) is 2.30. The third-order valence-corrected chi connectivity index (χ3v) is 1.32.